The molecule has 0 spiro atoms. The summed E-state index contributed by atoms with van der Waals surface area (Å²) in [6.45, 7) is 4.26. The zero-order chi connectivity index (χ0) is 13.8. The molecule has 0 aliphatic heterocycles. The summed E-state index contributed by atoms with van der Waals surface area (Å²) < 4.78 is 1.55. The second-order valence-electron chi connectivity index (χ2n) is 4.24. The second-order valence-corrected chi connectivity index (χ2v) is 4.24. The van der Waals surface area contributed by atoms with Gasteiger partial charge in [-0.25, -0.2) is 9.67 Å². The minimum absolute atomic E-state index is 0.0729. The molecule has 0 bridgehead atoms. The van der Waals surface area contributed by atoms with Crippen LogP contribution in [0.4, 0.5) is 5.69 Å². The predicted octanol–water partition coefficient (Wildman–Crippen LogP) is 1.22. The number of carbonyl (C=O) groups excluding carboxylic acids is 1. The Morgan fingerprint density at radius 1 is 1.42 bits per heavy atom. The van der Waals surface area contributed by atoms with Crippen molar-refractivity contribution in [3.05, 3.63) is 30.6 Å². The SMILES string of the molecule is CCNC(=O)C(C)n1cnc(-c2ccc(N)cc2)n1. The van der Waals surface area contributed by atoms with E-state index in [4.69, 9.17) is 5.73 Å². The Balaban J connectivity index is 2.19. The van der Waals surface area contributed by atoms with Gasteiger partial charge >= 0.3 is 0 Å². The van der Waals surface area contributed by atoms with Crippen LogP contribution in [-0.2, 0) is 4.79 Å². The molecule has 6 heteroatoms. The number of rotatable bonds is 4. The van der Waals surface area contributed by atoms with E-state index in [0.29, 0.717) is 18.1 Å². The molecule has 0 radical (unpaired) electrons. The highest BCUT2D eigenvalue weighted by Crippen LogP contribution is 2.17. The van der Waals surface area contributed by atoms with E-state index in [2.05, 4.69) is 15.4 Å². The van der Waals surface area contributed by atoms with Gasteiger partial charge in [0.05, 0.1) is 0 Å². The number of hydrogen-bond donors (Lipinski definition) is 2. The summed E-state index contributed by atoms with van der Waals surface area (Å²) in [5, 5.41) is 7.07. The van der Waals surface area contributed by atoms with Gasteiger partial charge in [-0.3, -0.25) is 4.79 Å². The van der Waals surface area contributed by atoms with E-state index in [1.165, 1.54) is 0 Å². The number of nitrogen functional groups attached to an aromatic ring is 1. The van der Waals surface area contributed by atoms with Crippen molar-refractivity contribution in [2.45, 2.75) is 19.9 Å². The molecule has 2 aromatic rings. The van der Waals surface area contributed by atoms with Crippen LogP contribution in [0.1, 0.15) is 19.9 Å². The molecule has 0 aliphatic carbocycles. The van der Waals surface area contributed by atoms with E-state index in [-0.39, 0.29) is 11.9 Å². The first kappa shape index (κ1) is 13.1. The minimum atomic E-state index is -0.380. The molecule has 1 aromatic heterocycles. The maximum absolute atomic E-state index is 11.7. The van der Waals surface area contributed by atoms with E-state index < -0.39 is 0 Å². The highest BCUT2D eigenvalue weighted by Gasteiger charge is 2.16. The third-order valence-corrected chi connectivity index (χ3v) is 2.80. The highest BCUT2D eigenvalue weighted by molar-refractivity contribution is 5.79. The van der Waals surface area contributed by atoms with Crippen molar-refractivity contribution in [1.82, 2.24) is 20.1 Å². The molecule has 19 heavy (non-hydrogen) atoms. The molecule has 6 nitrogen and oxygen atoms in total. The van der Waals surface area contributed by atoms with Crippen LogP contribution < -0.4 is 11.1 Å². The Kier molecular flexibility index (Phi) is 3.79. The molecule has 0 saturated carbocycles. The molecule has 0 saturated heterocycles. The van der Waals surface area contributed by atoms with E-state index in [9.17, 15) is 4.79 Å². The van der Waals surface area contributed by atoms with Crippen LogP contribution in [0.15, 0.2) is 30.6 Å². The van der Waals surface area contributed by atoms with Crippen molar-refractivity contribution in [1.29, 1.82) is 0 Å². The monoisotopic (exact) mass is 259 g/mol. The average molecular weight is 259 g/mol. The van der Waals surface area contributed by atoms with Crippen molar-refractivity contribution in [2.24, 2.45) is 0 Å². The fourth-order valence-corrected chi connectivity index (χ4v) is 1.67. The summed E-state index contributed by atoms with van der Waals surface area (Å²) in [4.78, 5) is 15.9. The molecule has 3 N–H and O–H groups in total. The number of hydrogen-bond acceptors (Lipinski definition) is 4. The van der Waals surface area contributed by atoms with Crippen LogP contribution in [0, 0.1) is 0 Å². The van der Waals surface area contributed by atoms with Crippen LogP contribution in [0.25, 0.3) is 11.4 Å². The zero-order valence-electron chi connectivity index (χ0n) is 11.0. The molecule has 1 aromatic carbocycles. The van der Waals surface area contributed by atoms with Crippen molar-refractivity contribution in [3.63, 3.8) is 0 Å². The molecular formula is C13H17N5O. The van der Waals surface area contributed by atoms with E-state index in [0.717, 1.165) is 5.56 Å². The highest BCUT2D eigenvalue weighted by atomic mass is 16.2. The predicted molar refractivity (Wildman–Crippen MR) is 73.3 cm³/mol. The number of nitrogens with one attached hydrogen (secondary N) is 1. The fraction of sp³-hybridized carbons (Fsp3) is 0.308. The van der Waals surface area contributed by atoms with Crippen molar-refractivity contribution >= 4 is 11.6 Å². The van der Waals surface area contributed by atoms with E-state index >= 15 is 0 Å². The number of carbonyl (C=O) groups is 1. The van der Waals surface area contributed by atoms with E-state index in [1.54, 1.807) is 30.1 Å². The lowest BCUT2D eigenvalue weighted by Crippen LogP contribution is -2.30. The Bertz CT molecular complexity index is 561. The molecule has 0 aliphatic rings. The largest absolute Gasteiger partial charge is 0.399 e. The van der Waals surface area contributed by atoms with Crippen LogP contribution in [0.5, 0.6) is 0 Å². The topological polar surface area (TPSA) is 85.8 Å². The molecule has 1 atom stereocenters. The van der Waals surface area contributed by atoms with Gasteiger partial charge in [0.15, 0.2) is 5.82 Å². The smallest absolute Gasteiger partial charge is 0.244 e. The lowest BCUT2D eigenvalue weighted by atomic mass is 10.2. The number of amides is 1. The zero-order valence-corrected chi connectivity index (χ0v) is 11.0. The first-order chi connectivity index (χ1) is 9.11. The van der Waals surface area contributed by atoms with Gasteiger partial charge in [0, 0.05) is 17.8 Å². The third-order valence-electron chi connectivity index (χ3n) is 2.80. The van der Waals surface area contributed by atoms with Crippen LogP contribution in [0.3, 0.4) is 0 Å². The fourth-order valence-electron chi connectivity index (χ4n) is 1.67. The molecule has 100 valence electrons. The van der Waals surface area contributed by atoms with Gasteiger partial charge in [-0.15, -0.1) is 0 Å². The number of likely N-dealkylation sites (N-methyl/N-ethyl adjacent to an activating group) is 1. The van der Waals surface area contributed by atoms with Gasteiger partial charge in [-0.1, -0.05) is 0 Å². The third kappa shape index (κ3) is 2.90. The molecule has 0 fully saturated rings. The summed E-state index contributed by atoms with van der Waals surface area (Å²) in [5.74, 6) is 0.507. The Morgan fingerprint density at radius 3 is 2.74 bits per heavy atom. The van der Waals surface area contributed by atoms with Crippen molar-refractivity contribution < 1.29 is 4.79 Å². The quantitative estimate of drug-likeness (QED) is 0.808. The summed E-state index contributed by atoms with van der Waals surface area (Å²) in [7, 11) is 0. The van der Waals surface area contributed by atoms with Gasteiger partial charge < -0.3 is 11.1 Å². The Morgan fingerprint density at radius 2 is 2.11 bits per heavy atom. The van der Waals surface area contributed by atoms with Gasteiger partial charge in [0.2, 0.25) is 5.91 Å². The number of aromatic nitrogens is 3. The van der Waals surface area contributed by atoms with Gasteiger partial charge in [-0.2, -0.15) is 5.10 Å². The average Bonchev–Trinajstić information content (AvgIpc) is 2.88. The number of anilines is 1. The first-order valence-corrected chi connectivity index (χ1v) is 6.16. The van der Waals surface area contributed by atoms with Gasteiger partial charge in [-0.05, 0) is 38.1 Å². The maximum Gasteiger partial charge on any atom is 0.244 e. The van der Waals surface area contributed by atoms with Crippen molar-refractivity contribution in [3.8, 4) is 11.4 Å². The first-order valence-electron chi connectivity index (χ1n) is 6.16. The van der Waals surface area contributed by atoms with Crippen LogP contribution in [-0.4, -0.2) is 27.2 Å². The molecule has 1 unspecified atom stereocenters. The lowest BCUT2D eigenvalue weighted by molar-refractivity contribution is -0.124. The van der Waals surface area contributed by atoms with E-state index in [1.807, 2.05) is 19.1 Å². The van der Waals surface area contributed by atoms with Crippen LogP contribution >= 0.6 is 0 Å². The standard InChI is InChI=1S/C13H17N5O/c1-3-15-13(19)9(2)18-8-16-12(17-18)10-4-6-11(14)7-5-10/h4-9H,3,14H2,1-2H3,(H,15,19). The maximum atomic E-state index is 11.7. The summed E-state index contributed by atoms with van der Waals surface area (Å²) in [5.41, 5.74) is 7.20. The lowest BCUT2D eigenvalue weighted by Gasteiger charge is -2.10. The molecule has 2 rings (SSSR count). The Labute approximate surface area is 111 Å². The number of nitrogens with zero attached hydrogens (tertiary/aromatic N) is 3. The molecule has 1 heterocycles. The number of nitrogens with two attached hydrogens (primary N) is 1. The van der Waals surface area contributed by atoms with Gasteiger partial charge in [0.1, 0.15) is 12.4 Å². The summed E-state index contributed by atoms with van der Waals surface area (Å²) in [6, 6.07) is 6.92. The minimum Gasteiger partial charge on any atom is -0.399 e. The Hall–Kier alpha value is -2.37. The summed E-state index contributed by atoms with van der Waals surface area (Å²) in [6.07, 6.45) is 1.56. The number of benzene rings is 1. The summed E-state index contributed by atoms with van der Waals surface area (Å²) >= 11 is 0. The van der Waals surface area contributed by atoms with Crippen molar-refractivity contribution in [2.75, 3.05) is 12.3 Å². The second kappa shape index (κ2) is 5.51. The molecule has 1 amide bonds. The normalized spacial score (nSPS) is 12.1. The van der Waals surface area contributed by atoms with Gasteiger partial charge in [0.25, 0.3) is 0 Å². The molecular weight excluding hydrogens is 242 g/mol. The van der Waals surface area contributed by atoms with Crippen LogP contribution in [0.2, 0.25) is 0 Å².